The van der Waals surface area contributed by atoms with Crippen molar-refractivity contribution in [2.75, 3.05) is 32.1 Å². The van der Waals surface area contributed by atoms with Crippen molar-refractivity contribution in [3.05, 3.63) is 51.7 Å². The fourth-order valence-electron chi connectivity index (χ4n) is 3.28. The molecule has 6 nitrogen and oxygen atoms in total. The number of aryl methyl sites for hydroxylation is 1. The fraction of sp³-hybridized carbons (Fsp3) is 0.429. The Kier molecular flexibility index (Phi) is 7.19. The molecule has 1 aliphatic heterocycles. The first-order valence-corrected chi connectivity index (χ1v) is 10.3. The lowest BCUT2D eigenvalue weighted by molar-refractivity contribution is -0.117. The number of rotatable bonds is 8. The summed E-state index contributed by atoms with van der Waals surface area (Å²) in [5.74, 6) is -0.534. The number of esters is 1. The normalized spacial score (nSPS) is 16.3. The van der Waals surface area contributed by atoms with E-state index in [1.807, 2.05) is 18.4 Å². The van der Waals surface area contributed by atoms with Gasteiger partial charge in [0.2, 0.25) is 5.91 Å². The van der Waals surface area contributed by atoms with Crippen LogP contribution in [0.3, 0.4) is 0 Å². The second-order valence-corrected chi connectivity index (χ2v) is 7.99. The minimum Gasteiger partial charge on any atom is -0.465 e. The van der Waals surface area contributed by atoms with Gasteiger partial charge in [0.05, 0.1) is 25.3 Å². The Morgan fingerprint density at radius 2 is 2.21 bits per heavy atom. The van der Waals surface area contributed by atoms with Crippen LogP contribution in [-0.4, -0.2) is 49.7 Å². The maximum atomic E-state index is 12.7. The highest BCUT2D eigenvalue weighted by Gasteiger charge is 2.21. The van der Waals surface area contributed by atoms with Gasteiger partial charge in [0.15, 0.2) is 0 Å². The first kappa shape index (κ1) is 20.5. The Morgan fingerprint density at radius 1 is 1.36 bits per heavy atom. The van der Waals surface area contributed by atoms with Crippen molar-refractivity contribution in [1.82, 2.24) is 4.90 Å². The molecule has 1 aliphatic rings. The highest BCUT2D eigenvalue weighted by molar-refractivity contribution is 7.09. The summed E-state index contributed by atoms with van der Waals surface area (Å²) in [6.45, 7) is 4.40. The topological polar surface area (TPSA) is 67.9 Å². The van der Waals surface area contributed by atoms with Crippen LogP contribution in [0.2, 0.25) is 0 Å². The average molecular weight is 403 g/mol. The Morgan fingerprint density at radius 3 is 2.89 bits per heavy atom. The molecule has 1 amide bonds. The minimum atomic E-state index is -0.423. The Hall–Kier alpha value is -2.22. The monoisotopic (exact) mass is 402 g/mol. The van der Waals surface area contributed by atoms with Crippen LogP contribution in [0.15, 0.2) is 35.7 Å². The minimum absolute atomic E-state index is 0.111. The van der Waals surface area contributed by atoms with Crippen molar-refractivity contribution in [3.63, 3.8) is 0 Å². The number of benzene rings is 1. The zero-order valence-corrected chi connectivity index (χ0v) is 17.1. The number of hydrogen-bond donors (Lipinski definition) is 1. The van der Waals surface area contributed by atoms with Crippen molar-refractivity contribution in [2.24, 2.45) is 0 Å². The van der Waals surface area contributed by atoms with Crippen LogP contribution < -0.4 is 5.32 Å². The molecule has 0 radical (unpaired) electrons. The van der Waals surface area contributed by atoms with Crippen molar-refractivity contribution >= 4 is 28.9 Å². The molecule has 1 aromatic heterocycles. The summed E-state index contributed by atoms with van der Waals surface area (Å²) in [4.78, 5) is 27.8. The highest BCUT2D eigenvalue weighted by Crippen LogP contribution is 2.19. The molecule has 28 heavy (non-hydrogen) atoms. The molecule has 2 heterocycles. The van der Waals surface area contributed by atoms with Gasteiger partial charge in [-0.05, 0) is 48.9 Å². The zero-order chi connectivity index (χ0) is 19.9. The smallest absolute Gasteiger partial charge is 0.337 e. The van der Waals surface area contributed by atoms with E-state index in [1.54, 1.807) is 29.5 Å². The molecule has 3 rings (SSSR count). The van der Waals surface area contributed by atoms with Crippen LogP contribution in [0.5, 0.6) is 0 Å². The number of ether oxygens (including phenoxy) is 2. The maximum Gasteiger partial charge on any atom is 0.337 e. The van der Waals surface area contributed by atoms with E-state index in [9.17, 15) is 9.59 Å². The van der Waals surface area contributed by atoms with Crippen LogP contribution in [0.25, 0.3) is 0 Å². The van der Waals surface area contributed by atoms with Crippen molar-refractivity contribution in [1.29, 1.82) is 0 Å². The van der Waals surface area contributed by atoms with Gasteiger partial charge in [0, 0.05) is 30.3 Å². The lowest BCUT2D eigenvalue weighted by atomic mass is 10.1. The lowest BCUT2D eigenvalue weighted by Crippen LogP contribution is -2.37. The molecule has 0 aliphatic carbocycles. The first-order valence-electron chi connectivity index (χ1n) is 9.40. The summed E-state index contributed by atoms with van der Waals surface area (Å²) in [5, 5.41) is 4.98. The molecule has 1 atom stereocenters. The predicted molar refractivity (Wildman–Crippen MR) is 110 cm³/mol. The number of nitrogens with zero attached hydrogens (tertiary/aromatic N) is 1. The quantitative estimate of drug-likeness (QED) is 0.685. The zero-order valence-electron chi connectivity index (χ0n) is 16.3. The third-order valence-electron chi connectivity index (χ3n) is 4.75. The molecule has 1 N–H and O–H groups in total. The fourth-order valence-corrected chi connectivity index (χ4v) is 4.02. The standard InChI is InChI=1S/C21H26N2O4S/c1-15-7-8-16(21(25)26-2)11-19(15)22-20(24)14-23(12-17-5-3-9-27-17)13-18-6-4-10-28-18/h4,6-8,10-11,17H,3,5,9,12-14H2,1-2H3,(H,22,24)/t17-/m1/s1. The van der Waals surface area contributed by atoms with Gasteiger partial charge in [-0.15, -0.1) is 11.3 Å². The molecular weight excluding hydrogens is 376 g/mol. The van der Waals surface area contributed by atoms with E-state index in [1.165, 1.54) is 12.0 Å². The second-order valence-electron chi connectivity index (χ2n) is 6.95. The molecule has 0 spiro atoms. The maximum absolute atomic E-state index is 12.7. The number of thiophene rings is 1. The molecule has 1 saturated heterocycles. The summed E-state index contributed by atoms with van der Waals surface area (Å²) >= 11 is 1.68. The van der Waals surface area contributed by atoms with Gasteiger partial charge in [0.1, 0.15) is 0 Å². The predicted octanol–water partition coefficient (Wildman–Crippen LogP) is 3.46. The van der Waals surface area contributed by atoms with E-state index < -0.39 is 5.97 Å². The summed E-state index contributed by atoms with van der Waals surface area (Å²) in [6.07, 6.45) is 2.28. The summed E-state index contributed by atoms with van der Waals surface area (Å²) in [6, 6.07) is 9.25. The third-order valence-corrected chi connectivity index (χ3v) is 5.61. The Bertz CT molecular complexity index is 801. The van der Waals surface area contributed by atoms with Gasteiger partial charge >= 0.3 is 5.97 Å². The number of amides is 1. The van der Waals surface area contributed by atoms with Crippen LogP contribution in [0, 0.1) is 6.92 Å². The SMILES string of the molecule is COC(=O)c1ccc(C)c(NC(=O)CN(Cc2cccs2)C[C@H]2CCCO2)c1. The van der Waals surface area contributed by atoms with Crippen LogP contribution >= 0.6 is 11.3 Å². The largest absolute Gasteiger partial charge is 0.465 e. The number of carbonyl (C=O) groups excluding carboxylic acids is 2. The van der Waals surface area contributed by atoms with Gasteiger partial charge in [0.25, 0.3) is 0 Å². The molecule has 7 heteroatoms. The van der Waals surface area contributed by atoms with Crippen LogP contribution in [-0.2, 0) is 20.8 Å². The number of hydrogen-bond acceptors (Lipinski definition) is 6. The van der Waals surface area contributed by atoms with Gasteiger partial charge in [-0.3, -0.25) is 9.69 Å². The number of carbonyl (C=O) groups is 2. The molecule has 1 aromatic carbocycles. The van der Waals surface area contributed by atoms with Gasteiger partial charge in [-0.1, -0.05) is 12.1 Å². The van der Waals surface area contributed by atoms with Gasteiger partial charge in [-0.25, -0.2) is 4.79 Å². The van der Waals surface area contributed by atoms with Crippen molar-refractivity contribution in [3.8, 4) is 0 Å². The van der Waals surface area contributed by atoms with E-state index >= 15 is 0 Å². The van der Waals surface area contributed by atoms with E-state index in [-0.39, 0.29) is 18.6 Å². The highest BCUT2D eigenvalue weighted by atomic mass is 32.1. The van der Waals surface area contributed by atoms with Crippen molar-refractivity contribution in [2.45, 2.75) is 32.4 Å². The summed E-state index contributed by atoms with van der Waals surface area (Å²) in [5.41, 5.74) is 1.93. The molecular formula is C21H26N2O4S. The van der Waals surface area contributed by atoms with E-state index in [4.69, 9.17) is 9.47 Å². The lowest BCUT2D eigenvalue weighted by Gasteiger charge is -2.24. The van der Waals surface area contributed by atoms with E-state index in [0.29, 0.717) is 17.8 Å². The molecule has 0 saturated carbocycles. The Balaban J connectivity index is 1.66. The Labute approximate surface area is 169 Å². The average Bonchev–Trinajstić information content (AvgIpc) is 3.37. The second kappa shape index (κ2) is 9.82. The summed E-state index contributed by atoms with van der Waals surface area (Å²) in [7, 11) is 1.34. The van der Waals surface area contributed by atoms with Gasteiger partial charge in [-0.2, -0.15) is 0 Å². The molecule has 2 aromatic rings. The molecule has 1 fully saturated rings. The number of methoxy groups -OCH3 is 1. The van der Waals surface area contributed by atoms with Gasteiger partial charge < -0.3 is 14.8 Å². The number of nitrogens with one attached hydrogen (secondary N) is 1. The van der Waals surface area contributed by atoms with E-state index in [0.717, 1.165) is 31.6 Å². The molecule has 0 bridgehead atoms. The van der Waals surface area contributed by atoms with Crippen LogP contribution in [0.4, 0.5) is 5.69 Å². The summed E-state index contributed by atoms with van der Waals surface area (Å²) < 4.78 is 10.5. The van der Waals surface area contributed by atoms with E-state index in [2.05, 4.69) is 16.3 Å². The first-order chi connectivity index (χ1) is 13.5. The molecule has 150 valence electrons. The van der Waals surface area contributed by atoms with Crippen LogP contribution in [0.1, 0.15) is 33.6 Å². The number of anilines is 1. The molecule has 0 unspecified atom stereocenters. The third kappa shape index (κ3) is 5.64. The van der Waals surface area contributed by atoms with Crippen molar-refractivity contribution < 1.29 is 19.1 Å².